The lowest BCUT2D eigenvalue weighted by molar-refractivity contribution is -0.113. The fourth-order valence-corrected chi connectivity index (χ4v) is 3.27. The highest BCUT2D eigenvalue weighted by Crippen LogP contribution is 2.37. The van der Waals surface area contributed by atoms with Crippen molar-refractivity contribution in [3.8, 4) is 11.5 Å². The summed E-state index contributed by atoms with van der Waals surface area (Å²) in [5.74, 6) is 0.990. The second-order valence-electron chi connectivity index (χ2n) is 5.89. The smallest absolute Gasteiger partial charge is 0.234 e. The van der Waals surface area contributed by atoms with Crippen molar-refractivity contribution in [3.05, 3.63) is 47.0 Å². The number of carbonyl (C=O) groups is 2. The number of aryl methyl sites for hydroxylation is 2. The molecule has 1 aliphatic heterocycles. The number of fused-ring (bicyclic) bond motifs is 1. The average Bonchev–Trinajstić information content (AvgIpc) is 3.02. The molecule has 0 radical (unpaired) electrons. The van der Waals surface area contributed by atoms with Gasteiger partial charge in [0.15, 0.2) is 17.3 Å². The maximum absolute atomic E-state index is 12.3. The van der Waals surface area contributed by atoms with E-state index < -0.39 is 0 Å². The molecule has 3 rings (SSSR count). The van der Waals surface area contributed by atoms with E-state index in [1.807, 2.05) is 19.1 Å². The molecular weight excluding hydrogens is 338 g/mol. The summed E-state index contributed by atoms with van der Waals surface area (Å²) in [6.07, 6.45) is 0. The first kappa shape index (κ1) is 17.4. The van der Waals surface area contributed by atoms with E-state index in [0.29, 0.717) is 22.7 Å². The van der Waals surface area contributed by atoms with E-state index in [0.717, 1.165) is 4.90 Å². The number of carbonyl (C=O) groups excluding carboxylic acids is 2. The second kappa shape index (κ2) is 7.19. The predicted octanol–water partition coefficient (Wildman–Crippen LogP) is 3.97. The molecule has 2 aromatic carbocycles. The average molecular weight is 357 g/mol. The molecular formula is C19H19NO4S. The monoisotopic (exact) mass is 357 g/mol. The number of rotatable bonds is 5. The minimum atomic E-state index is -0.176. The molecule has 0 saturated carbocycles. The van der Waals surface area contributed by atoms with E-state index in [-0.39, 0.29) is 24.2 Å². The van der Waals surface area contributed by atoms with E-state index in [1.54, 1.807) is 12.1 Å². The van der Waals surface area contributed by atoms with Gasteiger partial charge in [0, 0.05) is 16.5 Å². The van der Waals surface area contributed by atoms with Crippen molar-refractivity contribution in [1.82, 2.24) is 0 Å². The molecule has 1 N–H and O–H groups in total. The van der Waals surface area contributed by atoms with E-state index in [4.69, 9.17) is 9.47 Å². The van der Waals surface area contributed by atoms with E-state index in [1.165, 1.54) is 29.8 Å². The number of nitrogens with one attached hydrogen (secondary N) is 1. The number of ether oxygens (including phenoxy) is 2. The highest BCUT2D eigenvalue weighted by atomic mass is 32.2. The number of amides is 1. The Balaban J connectivity index is 1.70. The molecule has 0 bridgehead atoms. The highest BCUT2D eigenvalue weighted by Gasteiger charge is 2.20. The van der Waals surface area contributed by atoms with Crippen LogP contribution in [0.25, 0.3) is 0 Å². The van der Waals surface area contributed by atoms with Crippen LogP contribution in [0.3, 0.4) is 0 Å². The second-order valence-corrected chi connectivity index (χ2v) is 6.94. The number of hydrogen-bond acceptors (Lipinski definition) is 5. The summed E-state index contributed by atoms with van der Waals surface area (Å²) in [5.41, 5.74) is 3.27. The molecule has 0 saturated heterocycles. The van der Waals surface area contributed by atoms with Crippen molar-refractivity contribution in [2.24, 2.45) is 0 Å². The van der Waals surface area contributed by atoms with Crippen molar-refractivity contribution in [1.29, 1.82) is 0 Å². The fraction of sp³-hybridized carbons (Fsp3) is 0.263. The van der Waals surface area contributed by atoms with Gasteiger partial charge in [-0.2, -0.15) is 0 Å². The van der Waals surface area contributed by atoms with Crippen LogP contribution in [0.5, 0.6) is 11.5 Å². The molecule has 1 heterocycles. The molecule has 0 aromatic heterocycles. The van der Waals surface area contributed by atoms with Crippen LogP contribution in [-0.4, -0.2) is 24.2 Å². The topological polar surface area (TPSA) is 64.6 Å². The molecule has 0 atom stereocenters. The van der Waals surface area contributed by atoms with Crippen LogP contribution in [0.2, 0.25) is 0 Å². The van der Waals surface area contributed by atoms with Gasteiger partial charge in [0.25, 0.3) is 0 Å². The quantitative estimate of drug-likeness (QED) is 0.648. The van der Waals surface area contributed by atoms with Gasteiger partial charge >= 0.3 is 0 Å². The third kappa shape index (κ3) is 3.96. The fourth-order valence-electron chi connectivity index (χ4n) is 2.48. The first-order valence-electron chi connectivity index (χ1n) is 7.88. The van der Waals surface area contributed by atoms with Crippen molar-refractivity contribution in [2.75, 3.05) is 17.9 Å². The van der Waals surface area contributed by atoms with E-state index in [2.05, 4.69) is 18.3 Å². The molecule has 0 fully saturated rings. The Morgan fingerprint density at radius 3 is 2.48 bits per heavy atom. The van der Waals surface area contributed by atoms with Crippen LogP contribution in [0, 0.1) is 13.8 Å². The zero-order chi connectivity index (χ0) is 18.0. The summed E-state index contributed by atoms with van der Waals surface area (Å²) in [5, 5.41) is 2.80. The molecule has 6 heteroatoms. The molecule has 2 aromatic rings. The number of anilines is 1. The maximum Gasteiger partial charge on any atom is 0.234 e. The van der Waals surface area contributed by atoms with Gasteiger partial charge in [0.2, 0.25) is 12.7 Å². The summed E-state index contributed by atoms with van der Waals surface area (Å²) >= 11 is 1.46. The Morgan fingerprint density at radius 1 is 1.08 bits per heavy atom. The standard InChI is InChI=1S/C19H19NO4S/c1-11-4-5-14(6-12(11)2)25-9-19(22)20-16-8-18-17(23-10-24-18)7-15(16)13(3)21/h4-8H,9-10H2,1-3H3,(H,20,22). The van der Waals surface area contributed by atoms with Crippen molar-refractivity contribution < 1.29 is 19.1 Å². The SMILES string of the molecule is CC(=O)c1cc2c(cc1NC(=O)CSc1ccc(C)c(C)c1)OCO2. The first-order chi connectivity index (χ1) is 11.9. The third-order valence-corrected chi connectivity index (χ3v) is 5.01. The van der Waals surface area contributed by atoms with Gasteiger partial charge in [-0.1, -0.05) is 6.07 Å². The number of benzene rings is 2. The summed E-state index contributed by atoms with van der Waals surface area (Å²) in [7, 11) is 0. The van der Waals surface area contributed by atoms with Gasteiger partial charge in [-0.25, -0.2) is 0 Å². The lowest BCUT2D eigenvalue weighted by Crippen LogP contribution is -2.16. The Hall–Kier alpha value is -2.47. The molecule has 0 aliphatic carbocycles. The number of hydrogen-bond donors (Lipinski definition) is 1. The van der Waals surface area contributed by atoms with Crippen LogP contribution in [-0.2, 0) is 4.79 Å². The zero-order valence-corrected chi connectivity index (χ0v) is 15.2. The Bertz CT molecular complexity index is 848. The molecule has 1 aliphatic rings. The Kier molecular flexibility index (Phi) is 4.99. The van der Waals surface area contributed by atoms with Gasteiger partial charge < -0.3 is 14.8 Å². The molecule has 0 unspecified atom stereocenters. The Labute approximate surface area is 150 Å². The minimum absolute atomic E-state index is 0.118. The molecule has 1 amide bonds. The highest BCUT2D eigenvalue weighted by molar-refractivity contribution is 8.00. The third-order valence-electron chi connectivity index (χ3n) is 4.01. The van der Waals surface area contributed by atoms with Gasteiger partial charge in [0.1, 0.15) is 0 Å². The van der Waals surface area contributed by atoms with Crippen LogP contribution in [0.4, 0.5) is 5.69 Å². The number of ketones is 1. The predicted molar refractivity (Wildman–Crippen MR) is 97.8 cm³/mol. The number of thioether (sulfide) groups is 1. The van der Waals surface area contributed by atoms with E-state index in [9.17, 15) is 9.59 Å². The largest absolute Gasteiger partial charge is 0.454 e. The zero-order valence-electron chi connectivity index (χ0n) is 14.3. The van der Waals surface area contributed by atoms with Crippen molar-refractivity contribution in [2.45, 2.75) is 25.7 Å². The van der Waals surface area contributed by atoms with Crippen LogP contribution in [0.1, 0.15) is 28.4 Å². The van der Waals surface area contributed by atoms with Crippen LogP contribution >= 0.6 is 11.8 Å². The van der Waals surface area contributed by atoms with Gasteiger partial charge in [-0.05, 0) is 50.1 Å². The van der Waals surface area contributed by atoms with Gasteiger partial charge in [0.05, 0.1) is 11.4 Å². The summed E-state index contributed by atoms with van der Waals surface area (Å²) in [6, 6.07) is 9.35. The summed E-state index contributed by atoms with van der Waals surface area (Å²) in [6.45, 7) is 5.67. The van der Waals surface area contributed by atoms with Gasteiger partial charge in [-0.3, -0.25) is 9.59 Å². The summed E-state index contributed by atoms with van der Waals surface area (Å²) in [4.78, 5) is 25.2. The molecule has 5 nitrogen and oxygen atoms in total. The molecule has 130 valence electrons. The van der Waals surface area contributed by atoms with Crippen LogP contribution < -0.4 is 14.8 Å². The Morgan fingerprint density at radius 2 is 1.80 bits per heavy atom. The number of Topliss-reactive ketones (excluding diaryl/α,β-unsaturated/α-hetero) is 1. The van der Waals surface area contributed by atoms with Crippen molar-refractivity contribution >= 4 is 29.1 Å². The van der Waals surface area contributed by atoms with Crippen LogP contribution in [0.15, 0.2) is 35.2 Å². The lowest BCUT2D eigenvalue weighted by atomic mass is 10.1. The van der Waals surface area contributed by atoms with Gasteiger partial charge in [-0.15, -0.1) is 11.8 Å². The first-order valence-corrected chi connectivity index (χ1v) is 8.87. The lowest BCUT2D eigenvalue weighted by Gasteiger charge is -2.11. The summed E-state index contributed by atoms with van der Waals surface area (Å²) < 4.78 is 10.6. The maximum atomic E-state index is 12.3. The van der Waals surface area contributed by atoms with Crippen molar-refractivity contribution in [3.63, 3.8) is 0 Å². The van der Waals surface area contributed by atoms with E-state index >= 15 is 0 Å². The molecule has 0 spiro atoms. The molecule has 25 heavy (non-hydrogen) atoms. The minimum Gasteiger partial charge on any atom is -0.454 e. The normalized spacial score (nSPS) is 12.1.